The molecule has 0 saturated carbocycles. The Labute approximate surface area is 366 Å². The summed E-state index contributed by atoms with van der Waals surface area (Å²) < 4.78 is 22.2. The zero-order valence-corrected chi connectivity index (χ0v) is 38.5. The molecule has 6 atom stereocenters. The zero-order valence-electron chi connectivity index (χ0n) is 38.5. The third kappa shape index (κ3) is 31.9. The van der Waals surface area contributed by atoms with Crippen LogP contribution in [0.25, 0.3) is 0 Å². The van der Waals surface area contributed by atoms with Crippen molar-refractivity contribution in [1.82, 2.24) is 0 Å². The van der Waals surface area contributed by atoms with Crippen LogP contribution >= 0.6 is 0 Å². The van der Waals surface area contributed by atoms with Gasteiger partial charge < -0.3 is 39.4 Å². The molecule has 0 radical (unpaired) electrons. The van der Waals surface area contributed by atoms with Crippen molar-refractivity contribution in [3.8, 4) is 0 Å². The van der Waals surface area contributed by atoms with E-state index in [4.69, 9.17) is 18.9 Å². The van der Waals surface area contributed by atoms with Gasteiger partial charge in [0.2, 0.25) is 0 Å². The van der Waals surface area contributed by atoms with Gasteiger partial charge in [0.15, 0.2) is 12.4 Å². The van der Waals surface area contributed by atoms with Gasteiger partial charge in [-0.15, -0.1) is 0 Å². The number of unbranched alkanes of at least 4 members (excludes halogenated alkanes) is 27. The van der Waals surface area contributed by atoms with Crippen LogP contribution in [-0.4, -0.2) is 89.0 Å². The lowest BCUT2D eigenvalue weighted by atomic mass is 9.99. The number of hydrogen-bond acceptors (Lipinski definition) is 10. The molecule has 1 aliphatic rings. The van der Waals surface area contributed by atoms with Crippen molar-refractivity contribution in [2.24, 2.45) is 0 Å². The lowest BCUT2D eigenvalue weighted by molar-refractivity contribution is -0.305. The summed E-state index contributed by atoms with van der Waals surface area (Å²) in [5.74, 6) is -0.804. The van der Waals surface area contributed by atoms with E-state index in [0.717, 1.165) is 51.4 Å². The van der Waals surface area contributed by atoms with Crippen molar-refractivity contribution in [3.63, 3.8) is 0 Å². The molecule has 0 bridgehead atoms. The fraction of sp³-hybridized carbons (Fsp3) is 0.880. The number of aliphatic hydroxyl groups is 4. The van der Waals surface area contributed by atoms with E-state index in [1.54, 1.807) is 0 Å². The Morgan fingerprint density at radius 2 is 0.933 bits per heavy atom. The summed E-state index contributed by atoms with van der Waals surface area (Å²) in [7, 11) is 0. The van der Waals surface area contributed by atoms with Crippen LogP contribution in [0.4, 0.5) is 0 Å². The largest absolute Gasteiger partial charge is 0.462 e. The monoisotopic (exact) mass is 853 g/mol. The fourth-order valence-corrected chi connectivity index (χ4v) is 7.63. The molecule has 1 saturated heterocycles. The van der Waals surface area contributed by atoms with E-state index >= 15 is 0 Å². The maximum Gasteiger partial charge on any atom is 0.306 e. The summed E-state index contributed by atoms with van der Waals surface area (Å²) in [4.78, 5) is 25.4. The van der Waals surface area contributed by atoms with Crippen molar-refractivity contribution >= 4 is 11.9 Å². The van der Waals surface area contributed by atoms with E-state index in [9.17, 15) is 30.0 Å². The van der Waals surface area contributed by atoms with E-state index < -0.39 is 49.4 Å². The highest BCUT2D eigenvalue weighted by atomic mass is 16.7. The maximum atomic E-state index is 12.8. The minimum atomic E-state index is -1.59. The normalized spacial score (nSPS) is 20.0. The third-order valence-corrected chi connectivity index (χ3v) is 11.6. The number of aliphatic hydroxyl groups excluding tert-OH is 4. The molecule has 1 fully saturated rings. The van der Waals surface area contributed by atoms with E-state index in [2.05, 4.69) is 38.2 Å². The lowest BCUT2D eigenvalue weighted by Crippen LogP contribution is -2.59. The lowest BCUT2D eigenvalue weighted by Gasteiger charge is -2.39. The van der Waals surface area contributed by atoms with Gasteiger partial charge in [0.05, 0.1) is 13.2 Å². The Hall–Kier alpha value is -1.82. The van der Waals surface area contributed by atoms with Crippen LogP contribution in [0.5, 0.6) is 0 Å². The van der Waals surface area contributed by atoms with Gasteiger partial charge in [-0.3, -0.25) is 9.59 Å². The van der Waals surface area contributed by atoms with Gasteiger partial charge in [-0.05, 0) is 44.9 Å². The molecule has 10 nitrogen and oxygen atoms in total. The SMILES string of the molecule is CCCCC/C=C\C/C=C\CCCCCCCCCC(=O)OC(COC(=O)CCCCCCCCCCCCCCCCCCCC)COC1OC(CO)C(O)C(O)C1O. The fourth-order valence-electron chi connectivity index (χ4n) is 7.63. The molecule has 0 aromatic carbocycles. The summed E-state index contributed by atoms with van der Waals surface area (Å²) in [5.41, 5.74) is 0. The van der Waals surface area contributed by atoms with Gasteiger partial charge in [0.1, 0.15) is 31.0 Å². The summed E-state index contributed by atoms with van der Waals surface area (Å²) in [6.45, 7) is 3.42. The van der Waals surface area contributed by atoms with Crippen LogP contribution in [0.3, 0.4) is 0 Å². The highest BCUT2D eigenvalue weighted by Gasteiger charge is 2.44. The first kappa shape index (κ1) is 56.2. The van der Waals surface area contributed by atoms with Crippen LogP contribution < -0.4 is 0 Å². The Kier molecular flexibility index (Phi) is 38.6. The molecule has 10 heteroatoms. The minimum Gasteiger partial charge on any atom is -0.462 e. The molecule has 0 aromatic rings. The van der Waals surface area contributed by atoms with Crippen LogP contribution in [0.15, 0.2) is 24.3 Å². The molecule has 4 N–H and O–H groups in total. The van der Waals surface area contributed by atoms with Gasteiger partial charge in [-0.1, -0.05) is 192 Å². The van der Waals surface area contributed by atoms with Gasteiger partial charge in [-0.25, -0.2) is 0 Å². The average molecular weight is 853 g/mol. The number of esters is 2. The summed E-state index contributed by atoms with van der Waals surface area (Å²) in [5, 5.41) is 40.2. The van der Waals surface area contributed by atoms with Crippen molar-refractivity contribution < 1.29 is 49.0 Å². The second-order valence-electron chi connectivity index (χ2n) is 17.3. The quantitative estimate of drug-likeness (QED) is 0.0265. The van der Waals surface area contributed by atoms with Gasteiger partial charge >= 0.3 is 11.9 Å². The number of ether oxygens (including phenoxy) is 4. The predicted octanol–water partition coefficient (Wildman–Crippen LogP) is 11.3. The molecular formula is C50H92O10. The van der Waals surface area contributed by atoms with Crippen molar-refractivity contribution in [2.75, 3.05) is 19.8 Å². The van der Waals surface area contributed by atoms with Crippen molar-refractivity contribution in [3.05, 3.63) is 24.3 Å². The molecule has 1 rings (SSSR count). The van der Waals surface area contributed by atoms with Crippen LogP contribution in [-0.2, 0) is 28.5 Å². The molecule has 1 aliphatic heterocycles. The Bertz CT molecular complexity index is 1030. The van der Waals surface area contributed by atoms with E-state index in [1.165, 1.54) is 141 Å². The standard InChI is InChI=1S/C50H92O10/c1-3-5-7-9-11-13-15-17-19-21-23-24-26-28-30-32-34-36-38-45(52)57-41-43(42-58-50-49(56)48(55)47(54)44(40-51)60-50)59-46(53)39-37-35-33-31-29-27-25-22-20-18-16-14-12-10-8-6-4-2/h12,14,18,20,43-44,47-51,54-56H,3-11,13,15-17,19,21-42H2,1-2H3/b14-12-,20-18-. The number of hydrogen-bond donors (Lipinski definition) is 4. The topological polar surface area (TPSA) is 152 Å². The molecule has 1 heterocycles. The molecule has 60 heavy (non-hydrogen) atoms. The molecular weight excluding hydrogens is 761 g/mol. The van der Waals surface area contributed by atoms with Gasteiger partial charge in [0, 0.05) is 12.8 Å². The molecule has 0 aliphatic carbocycles. The van der Waals surface area contributed by atoms with E-state index in [1.807, 2.05) is 0 Å². The zero-order chi connectivity index (χ0) is 43.7. The highest BCUT2D eigenvalue weighted by molar-refractivity contribution is 5.70. The molecule has 0 spiro atoms. The van der Waals surface area contributed by atoms with Crippen molar-refractivity contribution in [2.45, 2.75) is 263 Å². The summed E-state index contributed by atoms with van der Waals surface area (Å²) >= 11 is 0. The van der Waals surface area contributed by atoms with Crippen LogP contribution in [0.1, 0.15) is 226 Å². The first-order valence-electron chi connectivity index (χ1n) is 24.9. The maximum absolute atomic E-state index is 12.8. The number of carbonyl (C=O) groups excluding carboxylic acids is 2. The van der Waals surface area contributed by atoms with E-state index in [-0.39, 0.29) is 32.0 Å². The molecule has 0 amide bonds. The number of rotatable bonds is 42. The van der Waals surface area contributed by atoms with Crippen LogP contribution in [0, 0.1) is 0 Å². The molecule has 352 valence electrons. The second kappa shape index (κ2) is 41.2. The number of allylic oxidation sites excluding steroid dienone is 4. The summed E-state index contributed by atoms with van der Waals surface area (Å²) in [6, 6.07) is 0. The van der Waals surface area contributed by atoms with Gasteiger partial charge in [0.25, 0.3) is 0 Å². The Balaban J connectivity index is 2.27. The summed E-state index contributed by atoms with van der Waals surface area (Å²) in [6.07, 6.45) is 38.9. The van der Waals surface area contributed by atoms with Crippen molar-refractivity contribution in [1.29, 1.82) is 0 Å². The first-order chi connectivity index (χ1) is 29.3. The first-order valence-corrected chi connectivity index (χ1v) is 24.9. The Morgan fingerprint density at radius 1 is 0.517 bits per heavy atom. The number of carbonyl (C=O) groups is 2. The highest BCUT2D eigenvalue weighted by Crippen LogP contribution is 2.23. The van der Waals surface area contributed by atoms with Gasteiger partial charge in [-0.2, -0.15) is 0 Å². The molecule has 6 unspecified atom stereocenters. The second-order valence-corrected chi connectivity index (χ2v) is 17.3. The molecule has 0 aromatic heterocycles. The smallest absolute Gasteiger partial charge is 0.306 e. The predicted molar refractivity (Wildman–Crippen MR) is 243 cm³/mol. The van der Waals surface area contributed by atoms with Crippen LogP contribution in [0.2, 0.25) is 0 Å². The Morgan fingerprint density at radius 3 is 1.42 bits per heavy atom. The average Bonchev–Trinajstić information content (AvgIpc) is 3.25. The third-order valence-electron chi connectivity index (χ3n) is 11.6. The minimum absolute atomic E-state index is 0.216. The van der Waals surface area contributed by atoms with E-state index in [0.29, 0.717) is 6.42 Å².